The third-order valence-electron chi connectivity index (χ3n) is 8.26. The average molecular weight is 578 g/mol. The third kappa shape index (κ3) is 4.38. The number of benzene rings is 2. The minimum Gasteiger partial charge on any atom is -0.379 e. The largest absolute Gasteiger partial charge is 0.416 e. The SMILES string of the molecule is Cn1cnnc1[C@H](F)C1(c2cccc(N3Cc4c(cc(CN5CC(C)(CCl)C5)cc4C(F)(F)F)C3=O)c2)COC1. The van der Waals surface area contributed by atoms with Gasteiger partial charge in [-0.15, -0.1) is 21.8 Å². The van der Waals surface area contributed by atoms with Crippen LogP contribution >= 0.6 is 11.6 Å². The molecule has 0 bridgehead atoms. The van der Waals surface area contributed by atoms with Crippen molar-refractivity contribution in [2.75, 3.05) is 37.1 Å². The molecular formula is C28H28ClF4N5O2. The summed E-state index contributed by atoms with van der Waals surface area (Å²) in [6, 6.07) is 9.45. The van der Waals surface area contributed by atoms with Crippen molar-refractivity contribution in [1.82, 2.24) is 19.7 Å². The number of aromatic nitrogens is 3. The summed E-state index contributed by atoms with van der Waals surface area (Å²) in [6.07, 6.45) is -4.74. The third-order valence-corrected chi connectivity index (χ3v) is 8.90. The van der Waals surface area contributed by atoms with E-state index in [-0.39, 0.29) is 42.1 Å². The lowest BCUT2D eigenvalue weighted by Crippen LogP contribution is -2.54. The molecule has 3 aliphatic heterocycles. The number of carbonyl (C=O) groups excluding carboxylic acids is 1. The van der Waals surface area contributed by atoms with Crippen LogP contribution in [-0.2, 0) is 36.5 Å². The molecule has 0 saturated carbocycles. The van der Waals surface area contributed by atoms with Crippen molar-refractivity contribution in [2.24, 2.45) is 12.5 Å². The summed E-state index contributed by atoms with van der Waals surface area (Å²) in [5.41, 5.74) is -0.519. The van der Waals surface area contributed by atoms with E-state index in [0.29, 0.717) is 42.3 Å². The van der Waals surface area contributed by atoms with E-state index in [4.69, 9.17) is 16.3 Å². The maximum absolute atomic E-state index is 15.8. The Hall–Kier alpha value is -3.02. The van der Waals surface area contributed by atoms with Crippen LogP contribution in [0.4, 0.5) is 23.2 Å². The van der Waals surface area contributed by atoms with Gasteiger partial charge in [0.2, 0.25) is 0 Å². The minimum absolute atomic E-state index is 0.0417. The fourth-order valence-corrected chi connectivity index (χ4v) is 6.21. The number of aryl methyl sites for hydroxylation is 1. The number of ether oxygens (including phenoxy) is 1. The predicted octanol–water partition coefficient (Wildman–Crippen LogP) is 5.03. The topological polar surface area (TPSA) is 63.5 Å². The van der Waals surface area contributed by atoms with Crippen molar-refractivity contribution < 1.29 is 27.1 Å². The summed E-state index contributed by atoms with van der Waals surface area (Å²) >= 11 is 6.01. The van der Waals surface area contributed by atoms with Crippen LogP contribution in [0.25, 0.3) is 0 Å². The highest BCUT2D eigenvalue weighted by Crippen LogP contribution is 2.47. The molecule has 1 amide bonds. The van der Waals surface area contributed by atoms with Crippen LogP contribution in [0, 0.1) is 5.41 Å². The molecule has 2 aromatic carbocycles. The molecule has 0 N–H and O–H groups in total. The first-order valence-electron chi connectivity index (χ1n) is 12.9. The molecule has 1 atom stereocenters. The number of amides is 1. The van der Waals surface area contributed by atoms with E-state index < -0.39 is 29.2 Å². The highest BCUT2D eigenvalue weighted by atomic mass is 35.5. The summed E-state index contributed by atoms with van der Waals surface area (Å²) < 4.78 is 65.3. The van der Waals surface area contributed by atoms with Gasteiger partial charge in [-0.05, 0) is 41.0 Å². The van der Waals surface area contributed by atoms with Crippen molar-refractivity contribution in [3.05, 3.63) is 76.4 Å². The molecule has 0 aliphatic carbocycles. The second-order valence-corrected chi connectivity index (χ2v) is 11.8. The molecule has 4 heterocycles. The van der Waals surface area contributed by atoms with Crippen LogP contribution < -0.4 is 4.90 Å². The Morgan fingerprint density at radius 2 is 1.93 bits per heavy atom. The number of carbonyl (C=O) groups is 1. The van der Waals surface area contributed by atoms with Gasteiger partial charge in [0.05, 0.1) is 30.7 Å². The molecule has 40 heavy (non-hydrogen) atoms. The summed E-state index contributed by atoms with van der Waals surface area (Å²) in [5, 5.41) is 7.69. The van der Waals surface area contributed by atoms with Gasteiger partial charge in [-0.2, -0.15) is 13.2 Å². The molecule has 7 nitrogen and oxygen atoms in total. The number of rotatable bonds is 7. The first-order chi connectivity index (χ1) is 18.9. The highest BCUT2D eigenvalue weighted by Gasteiger charge is 2.51. The zero-order chi connectivity index (χ0) is 28.4. The summed E-state index contributed by atoms with van der Waals surface area (Å²) in [7, 11) is 1.65. The maximum atomic E-state index is 15.8. The van der Waals surface area contributed by atoms with Gasteiger partial charge in [0.1, 0.15) is 6.33 Å². The molecule has 0 spiro atoms. The Morgan fingerprint density at radius 3 is 2.52 bits per heavy atom. The maximum Gasteiger partial charge on any atom is 0.416 e. The van der Waals surface area contributed by atoms with Crippen molar-refractivity contribution in [1.29, 1.82) is 0 Å². The van der Waals surface area contributed by atoms with Crippen LogP contribution in [-0.4, -0.2) is 57.8 Å². The zero-order valence-corrected chi connectivity index (χ0v) is 22.8. The molecule has 2 saturated heterocycles. The summed E-state index contributed by atoms with van der Waals surface area (Å²) in [6.45, 7) is 3.65. The standard InChI is InChI=1S/C28H28ClF4N5O2/c1-26(11-29)12-37(13-26)9-17-6-20-21(22(7-17)28(31,32)33)10-38(25(20)39)19-5-3-4-18(8-19)27(14-40-15-27)23(30)24-35-34-16-36(24)2/h3-8,16,23H,9-15H2,1-2H3/t23-/m0/s1. The first kappa shape index (κ1) is 27.2. The molecule has 212 valence electrons. The van der Waals surface area contributed by atoms with Gasteiger partial charge in [-0.1, -0.05) is 19.1 Å². The van der Waals surface area contributed by atoms with Crippen molar-refractivity contribution in [2.45, 2.75) is 37.8 Å². The number of halogens is 5. The molecule has 2 fully saturated rings. The second-order valence-electron chi connectivity index (χ2n) is 11.5. The quantitative estimate of drug-likeness (QED) is 0.291. The molecule has 3 aliphatic rings. The lowest BCUT2D eigenvalue weighted by molar-refractivity contribution is -0.138. The van der Waals surface area contributed by atoms with Gasteiger partial charge in [0.15, 0.2) is 12.0 Å². The lowest BCUT2D eigenvalue weighted by atomic mass is 9.74. The van der Waals surface area contributed by atoms with Crippen LogP contribution in [0.2, 0.25) is 0 Å². The monoisotopic (exact) mass is 577 g/mol. The summed E-state index contributed by atoms with van der Waals surface area (Å²) in [4.78, 5) is 16.9. The van der Waals surface area contributed by atoms with Crippen LogP contribution in [0.15, 0.2) is 42.7 Å². The molecule has 0 radical (unpaired) electrons. The number of nitrogens with zero attached hydrogens (tertiary/aromatic N) is 5. The normalized spacial score (nSPS) is 20.7. The molecule has 3 aromatic rings. The van der Waals surface area contributed by atoms with Crippen LogP contribution in [0.5, 0.6) is 0 Å². The van der Waals surface area contributed by atoms with E-state index in [0.717, 1.165) is 6.07 Å². The number of fused-ring (bicyclic) bond motifs is 1. The van der Waals surface area contributed by atoms with Gasteiger partial charge in [0.25, 0.3) is 5.91 Å². The van der Waals surface area contributed by atoms with E-state index in [2.05, 4.69) is 10.2 Å². The van der Waals surface area contributed by atoms with Crippen LogP contribution in [0.1, 0.15) is 51.5 Å². The molecule has 0 unspecified atom stereocenters. The van der Waals surface area contributed by atoms with Crippen LogP contribution in [0.3, 0.4) is 0 Å². The van der Waals surface area contributed by atoms with E-state index in [1.54, 1.807) is 37.4 Å². The van der Waals surface area contributed by atoms with E-state index in [1.165, 1.54) is 15.8 Å². The smallest absolute Gasteiger partial charge is 0.379 e. The average Bonchev–Trinajstić information content (AvgIpc) is 3.44. The Balaban J connectivity index is 1.31. The number of hydrogen-bond donors (Lipinski definition) is 0. The van der Waals surface area contributed by atoms with Gasteiger partial charge < -0.3 is 14.2 Å². The molecule has 12 heteroatoms. The van der Waals surface area contributed by atoms with Gasteiger partial charge in [-0.3, -0.25) is 9.69 Å². The number of anilines is 1. The second kappa shape index (κ2) is 9.53. The zero-order valence-electron chi connectivity index (χ0n) is 22.0. The number of alkyl halides is 5. The lowest BCUT2D eigenvalue weighted by Gasteiger charge is -2.47. The number of hydrogen-bond acceptors (Lipinski definition) is 5. The first-order valence-corrected chi connectivity index (χ1v) is 13.5. The van der Waals surface area contributed by atoms with Crippen molar-refractivity contribution in [3.63, 3.8) is 0 Å². The fourth-order valence-electron chi connectivity index (χ4n) is 6.04. The summed E-state index contributed by atoms with van der Waals surface area (Å²) in [5.74, 6) is 0.107. The Bertz CT molecular complexity index is 1470. The molecular weight excluding hydrogens is 550 g/mol. The van der Waals surface area contributed by atoms with Gasteiger partial charge in [0, 0.05) is 49.2 Å². The number of likely N-dealkylation sites (tertiary alicyclic amines) is 1. The minimum atomic E-state index is -4.62. The fraction of sp³-hybridized carbons (Fsp3) is 0.464. The Labute approximate surface area is 233 Å². The molecule has 1 aromatic heterocycles. The van der Waals surface area contributed by atoms with E-state index in [9.17, 15) is 18.0 Å². The van der Waals surface area contributed by atoms with E-state index in [1.807, 2.05) is 11.8 Å². The van der Waals surface area contributed by atoms with E-state index >= 15 is 4.39 Å². The van der Waals surface area contributed by atoms with Crippen molar-refractivity contribution >= 4 is 23.2 Å². The Kier molecular flexibility index (Phi) is 6.47. The highest BCUT2D eigenvalue weighted by molar-refractivity contribution is 6.18. The van der Waals surface area contributed by atoms with Gasteiger partial charge >= 0.3 is 6.18 Å². The van der Waals surface area contributed by atoms with Gasteiger partial charge in [-0.25, -0.2) is 4.39 Å². The Morgan fingerprint density at radius 1 is 1.18 bits per heavy atom. The predicted molar refractivity (Wildman–Crippen MR) is 140 cm³/mol. The molecule has 6 rings (SSSR count). The van der Waals surface area contributed by atoms with Crippen molar-refractivity contribution in [3.8, 4) is 0 Å².